The molecule has 1 unspecified atom stereocenters. The van der Waals surface area contributed by atoms with Crippen LogP contribution in [-0.4, -0.2) is 32.8 Å². The quantitative estimate of drug-likeness (QED) is 0.630. The summed E-state index contributed by atoms with van der Waals surface area (Å²) < 4.78 is 5.98. The Morgan fingerprint density at radius 3 is 2.92 bits per heavy atom. The summed E-state index contributed by atoms with van der Waals surface area (Å²) >= 11 is 0. The van der Waals surface area contributed by atoms with Crippen molar-refractivity contribution in [2.45, 2.75) is 19.9 Å². The molecule has 1 heterocycles. The average molecular weight is 185 g/mol. The maximum Gasteiger partial charge on any atom is 0.330 e. The van der Waals surface area contributed by atoms with Crippen LogP contribution in [0, 0.1) is 0 Å². The number of nitrogens with two attached hydrogens (primary N) is 1. The number of hydrogen-bond donors (Lipinski definition) is 1. The van der Waals surface area contributed by atoms with Crippen molar-refractivity contribution in [2.75, 3.05) is 12.3 Å². The minimum atomic E-state index is -0.588. The Morgan fingerprint density at radius 1 is 1.77 bits per heavy atom. The van der Waals surface area contributed by atoms with E-state index in [1.807, 2.05) is 0 Å². The number of carbonyl (C=O) groups excluding carboxylic acids is 1. The van der Waals surface area contributed by atoms with E-state index in [1.165, 1.54) is 4.68 Å². The lowest BCUT2D eigenvalue weighted by molar-refractivity contribution is -0.146. The molecule has 0 aliphatic carbocycles. The highest BCUT2D eigenvalue weighted by atomic mass is 16.5. The van der Waals surface area contributed by atoms with Gasteiger partial charge in [-0.1, -0.05) is 5.10 Å². The Labute approximate surface area is 74.9 Å². The average Bonchev–Trinajstić information content (AvgIpc) is 2.50. The zero-order valence-electron chi connectivity index (χ0n) is 7.47. The fourth-order valence-corrected chi connectivity index (χ4v) is 0.839. The first-order valence-corrected chi connectivity index (χ1v) is 3.86. The van der Waals surface area contributed by atoms with Gasteiger partial charge in [-0.05, 0) is 24.3 Å². The van der Waals surface area contributed by atoms with Gasteiger partial charge in [0.25, 0.3) is 0 Å². The Balaban J connectivity index is 2.73. The number of tetrazole rings is 1. The standard InChI is InChI=1S/C6H11N5O2/c1-3-13-5(12)4(2)11-6(7)8-9-10-11/h4H,3H2,1-2H3,(H2,7,8,10). The fourth-order valence-electron chi connectivity index (χ4n) is 0.839. The number of aromatic nitrogens is 4. The molecule has 0 saturated carbocycles. The first-order chi connectivity index (χ1) is 6.16. The van der Waals surface area contributed by atoms with E-state index in [0.717, 1.165) is 0 Å². The highest BCUT2D eigenvalue weighted by Crippen LogP contribution is 2.08. The lowest BCUT2D eigenvalue weighted by Gasteiger charge is -2.09. The van der Waals surface area contributed by atoms with Gasteiger partial charge in [-0.3, -0.25) is 0 Å². The zero-order chi connectivity index (χ0) is 9.84. The summed E-state index contributed by atoms with van der Waals surface area (Å²) in [6.07, 6.45) is 0. The molecule has 0 amide bonds. The molecular formula is C6H11N5O2. The second-order valence-corrected chi connectivity index (χ2v) is 2.41. The first-order valence-electron chi connectivity index (χ1n) is 3.86. The monoisotopic (exact) mass is 185 g/mol. The predicted octanol–water partition coefficient (Wildman–Crippen LogP) is -0.621. The van der Waals surface area contributed by atoms with Crippen LogP contribution in [0.25, 0.3) is 0 Å². The number of carbonyl (C=O) groups is 1. The largest absolute Gasteiger partial charge is 0.464 e. The number of esters is 1. The predicted molar refractivity (Wildman–Crippen MR) is 43.6 cm³/mol. The van der Waals surface area contributed by atoms with Crippen LogP contribution in [0.5, 0.6) is 0 Å². The van der Waals surface area contributed by atoms with Crippen molar-refractivity contribution in [3.05, 3.63) is 0 Å². The molecule has 13 heavy (non-hydrogen) atoms. The van der Waals surface area contributed by atoms with Crippen LogP contribution in [0.1, 0.15) is 19.9 Å². The van der Waals surface area contributed by atoms with Gasteiger partial charge < -0.3 is 10.5 Å². The second-order valence-electron chi connectivity index (χ2n) is 2.41. The van der Waals surface area contributed by atoms with Crippen molar-refractivity contribution < 1.29 is 9.53 Å². The second kappa shape index (κ2) is 3.83. The Kier molecular flexibility index (Phi) is 2.78. The van der Waals surface area contributed by atoms with Crippen molar-refractivity contribution in [3.63, 3.8) is 0 Å². The summed E-state index contributed by atoms with van der Waals surface area (Å²) in [4.78, 5) is 11.2. The molecule has 0 aromatic carbocycles. The van der Waals surface area contributed by atoms with E-state index in [0.29, 0.717) is 6.61 Å². The number of hydrogen-bond acceptors (Lipinski definition) is 6. The van der Waals surface area contributed by atoms with E-state index in [2.05, 4.69) is 15.5 Å². The third-order valence-electron chi connectivity index (χ3n) is 1.51. The van der Waals surface area contributed by atoms with Crippen LogP contribution in [0.15, 0.2) is 0 Å². The van der Waals surface area contributed by atoms with E-state index in [-0.39, 0.29) is 5.95 Å². The highest BCUT2D eigenvalue weighted by Gasteiger charge is 2.19. The van der Waals surface area contributed by atoms with Gasteiger partial charge >= 0.3 is 5.97 Å². The van der Waals surface area contributed by atoms with Crippen LogP contribution < -0.4 is 5.73 Å². The Morgan fingerprint density at radius 2 is 2.46 bits per heavy atom. The van der Waals surface area contributed by atoms with Gasteiger partial charge in [-0.25, -0.2) is 4.79 Å². The highest BCUT2D eigenvalue weighted by molar-refractivity contribution is 5.73. The van der Waals surface area contributed by atoms with Crippen LogP contribution in [-0.2, 0) is 9.53 Å². The minimum Gasteiger partial charge on any atom is -0.464 e. The molecular weight excluding hydrogens is 174 g/mol. The minimum absolute atomic E-state index is 0.0977. The molecule has 0 fully saturated rings. The van der Waals surface area contributed by atoms with Gasteiger partial charge in [0.1, 0.15) is 0 Å². The third-order valence-corrected chi connectivity index (χ3v) is 1.51. The lowest BCUT2D eigenvalue weighted by Crippen LogP contribution is -2.21. The molecule has 0 saturated heterocycles. The van der Waals surface area contributed by atoms with Gasteiger partial charge in [0.15, 0.2) is 6.04 Å². The maximum atomic E-state index is 11.2. The molecule has 0 aliphatic rings. The first kappa shape index (κ1) is 9.43. The number of nitrogen functional groups attached to an aromatic ring is 1. The number of nitrogens with zero attached hydrogens (tertiary/aromatic N) is 4. The van der Waals surface area contributed by atoms with Crippen LogP contribution in [0.2, 0.25) is 0 Å². The molecule has 0 spiro atoms. The summed E-state index contributed by atoms with van der Waals surface area (Å²) in [5, 5.41) is 10.3. The van der Waals surface area contributed by atoms with Crippen LogP contribution in [0.3, 0.4) is 0 Å². The SMILES string of the molecule is CCOC(=O)C(C)n1nnnc1N. The van der Waals surface area contributed by atoms with Crippen molar-refractivity contribution in [3.8, 4) is 0 Å². The van der Waals surface area contributed by atoms with Gasteiger partial charge in [0.2, 0.25) is 5.95 Å². The molecule has 0 radical (unpaired) electrons. The fraction of sp³-hybridized carbons (Fsp3) is 0.667. The van der Waals surface area contributed by atoms with Crippen LogP contribution >= 0.6 is 0 Å². The van der Waals surface area contributed by atoms with Gasteiger partial charge in [-0.15, -0.1) is 0 Å². The summed E-state index contributed by atoms with van der Waals surface area (Å²) in [5.41, 5.74) is 5.39. The Hall–Kier alpha value is -1.66. The van der Waals surface area contributed by atoms with Crippen molar-refractivity contribution in [1.82, 2.24) is 20.2 Å². The molecule has 1 aromatic rings. The molecule has 7 heteroatoms. The van der Waals surface area contributed by atoms with E-state index in [9.17, 15) is 4.79 Å². The van der Waals surface area contributed by atoms with E-state index in [1.54, 1.807) is 13.8 Å². The van der Waals surface area contributed by atoms with Gasteiger partial charge in [0.05, 0.1) is 6.61 Å². The third kappa shape index (κ3) is 1.92. The summed E-state index contributed by atoms with van der Waals surface area (Å²) in [6.45, 7) is 3.67. The molecule has 0 aliphatic heterocycles. The van der Waals surface area contributed by atoms with Crippen LogP contribution in [0.4, 0.5) is 5.95 Å². The molecule has 1 rings (SSSR count). The van der Waals surface area contributed by atoms with E-state index >= 15 is 0 Å². The number of anilines is 1. The zero-order valence-corrected chi connectivity index (χ0v) is 7.47. The normalized spacial score (nSPS) is 12.5. The van der Waals surface area contributed by atoms with Gasteiger partial charge in [-0.2, -0.15) is 4.68 Å². The molecule has 72 valence electrons. The summed E-state index contributed by atoms with van der Waals surface area (Å²) in [7, 11) is 0. The maximum absolute atomic E-state index is 11.2. The topological polar surface area (TPSA) is 95.9 Å². The Bertz CT molecular complexity index is 297. The van der Waals surface area contributed by atoms with E-state index < -0.39 is 12.0 Å². The molecule has 7 nitrogen and oxygen atoms in total. The molecule has 1 atom stereocenters. The molecule has 0 bridgehead atoms. The lowest BCUT2D eigenvalue weighted by atomic mass is 10.3. The number of rotatable bonds is 3. The van der Waals surface area contributed by atoms with Crippen molar-refractivity contribution in [1.29, 1.82) is 0 Å². The van der Waals surface area contributed by atoms with E-state index in [4.69, 9.17) is 10.5 Å². The van der Waals surface area contributed by atoms with Crippen molar-refractivity contribution in [2.24, 2.45) is 0 Å². The smallest absolute Gasteiger partial charge is 0.330 e. The molecule has 1 aromatic heterocycles. The summed E-state index contributed by atoms with van der Waals surface area (Å²) in [5.74, 6) is -0.304. The summed E-state index contributed by atoms with van der Waals surface area (Å²) in [6, 6.07) is -0.588. The number of ether oxygens (including phenoxy) is 1. The van der Waals surface area contributed by atoms with Crippen molar-refractivity contribution >= 4 is 11.9 Å². The molecule has 2 N–H and O–H groups in total. The van der Waals surface area contributed by atoms with Gasteiger partial charge in [0, 0.05) is 0 Å².